The Morgan fingerprint density at radius 2 is 1.65 bits per heavy atom. The first-order valence-corrected chi connectivity index (χ1v) is 8.87. The van der Waals surface area contributed by atoms with Crippen LogP contribution in [0, 0.1) is 5.82 Å². The summed E-state index contributed by atoms with van der Waals surface area (Å²) in [5.74, 6) is -0.646. The first kappa shape index (κ1) is 19.1. The molecule has 26 heavy (non-hydrogen) atoms. The maximum Gasteiger partial charge on any atom is 0.573 e. The molecule has 3 nitrogen and oxygen atoms in total. The molecule has 3 rings (SSSR count). The summed E-state index contributed by atoms with van der Waals surface area (Å²) in [6.45, 7) is 3.09. The van der Waals surface area contributed by atoms with E-state index < -0.39 is 6.36 Å². The third-order valence-corrected chi connectivity index (χ3v) is 4.60. The zero-order chi connectivity index (χ0) is 18.7. The summed E-state index contributed by atoms with van der Waals surface area (Å²) in [4.78, 5) is 2.18. The summed E-state index contributed by atoms with van der Waals surface area (Å²) in [6.07, 6.45) is -4.73. The minimum atomic E-state index is -4.73. The molecular formula is C18H17BrF4N2O. The van der Waals surface area contributed by atoms with Gasteiger partial charge in [0, 0.05) is 30.7 Å². The van der Waals surface area contributed by atoms with E-state index in [2.05, 4.69) is 30.9 Å². The number of hydrogen-bond donors (Lipinski definition) is 1. The SMILES string of the molecule is Fc1cc(Br)cc([C@H](c2ccc(OC(F)(F)F)cc2)N2CCNCC2)c1. The predicted octanol–water partition coefficient (Wildman–Crippen LogP) is 4.48. The molecule has 2 aromatic rings. The lowest BCUT2D eigenvalue weighted by molar-refractivity contribution is -0.274. The zero-order valence-electron chi connectivity index (χ0n) is 13.7. The summed E-state index contributed by atoms with van der Waals surface area (Å²) >= 11 is 3.31. The number of nitrogens with zero attached hydrogens (tertiary/aromatic N) is 1. The van der Waals surface area contributed by atoms with Crippen LogP contribution >= 0.6 is 15.9 Å². The van der Waals surface area contributed by atoms with E-state index in [0.717, 1.165) is 37.3 Å². The molecule has 1 heterocycles. The van der Waals surface area contributed by atoms with Crippen LogP contribution in [-0.4, -0.2) is 37.4 Å². The lowest BCUT2D eigenvalue weighted by Gasteiger charge is -2.35. The van der Waals surface area contributed by atoms with Crippen molar-refractivity contribution in [2.24, 2.45) is 0 Å². The van der Waals surface area contributed by atoms with Crippen molar-refractivity contribution >= 4 is 15.9 Å². The summed E-state index contributed by atoms with van der Waals surface area (Å²) in [6, 6.07) is 10.1. The number of hydrogen-bond acceptors (Lipinski definition) is 3. The minimum Gasteiger partial charge on any atom is -0.406 e. The Morgan fingerprint density at radius 1 is 1.00 bits per heavy atom. The standard InChI is InChI=1S/C18H17BrF4N2O/c19-14-9-13(10-15(20)11-14)17(25-7-5-24-6-8-25)12-1-3-16(4-2-12)26-18(21,22)23/h1-4,9-11,17,24H,5-8H2/t17-/m0/s1. The molecule has 0 saturated carbocycles. The normalized spacial score (nSPS) is 17.1. The van der Waals surface area contributed by atoms with Crippen LogP contribution in [0.1, 0.15) is 17.2 Å². The molecule has 0 unspecified atom stereocenters. The van der Waals surface area contributed by atoms with E-state index in [1.165, 1.54) is 24.3 Å². The Balaban J connectivity index is 1.94. The summed E-state index contributed by atoms with van der Waals surface area (Å²) in [5, 5.41) is 3.26. The number of nitrogens with one attached hydrogen (secondary N) is 1. The average molecular weight is 433 g/mol. The molecule has 1 fully saturated rings. The molecule has 0 aromatic heterocycles. The molecule has 0 aliphatic carbocycles. The summed E-state index contributed by atoms with van der Waals surface area (Å²) < 4.78 is 55.5. The van der Waals surface area contributed by atoms with E-state index in [0.29, 0.717) is 4.47 Å². The molecule has 1 saturated heterocycles. The van der Waals surface area contributed by atoms with Gasteiger partial charge < -0.3 is 10.1 Å². The molecule has 8 heteroatoms. The molecule has 1 N–H and O–H groups in total. The van der Waals surface area contributed by atoms with Crippen LogP contribution in [0.5, 0.6) is 5.75 Å². The number of halogens is 5. The van der Waals surface area contributed by atoms with Gasteiger partial charge in [0.05, 0.1) is 6.04 Å². The second-order valence-electron chi connectivity index (χ2n) is 6.01. The Kier molecular flexibility index (Phi) is 5.84. The van der Waals surface area contributed by atoms with Gasteiger partial charge in [0.25, 0.3) is 0 Å². The first-order valence-electron chi connectivity index (χ1n) is 8.08. The average Bonchev–Trinajstić information content (AvgIpc) is 2.55. The molecule has 1 atom stereocenters. The number of benzene rings is 2. The first-order chi connectivity index (χ1) is 12.3. The van der Waals surface area contributed by atoms with Crippen LogP contribution in [0.15, 0.2) is 46.9 Å². The van der Waals surface area contributed by atoms with Crippen LogP contribution in [0.2, 0.25) is 0 Å². The predicted molar refractivity (Wildman–Crippen MR) is 93.5 cm³/mol. The lowest BCUT2D eigenvalue weighted by Crippen LogP contribution is -2.45. The van der Waals surface area contributed by atoms with Crippen LogP contribution in [0.25, 0.3) is 0 Å². The minimum absolute atomic E-state index is 0.260. The van der Waals surface area contributed by atoms with Crippen molar-refractivity contribution in [3.05, 3.63) is 63.9 Å². The fourth-order valence-corrected chi connectivity index (χ4v) is 3.62. The van der Waals surface area contributed by atoms with E-state index in [9.17, 15) is 17.6 Å². The third-order valence-electron chi connectivity index (χ3n) is 4.15. The Hall–Kier alpha value is -1.64. The number of rotatable bonds is 4. The number of piperazine rings is 1. The number of ether oxygens (including phenoxy) is 1. The van der Waals surface area contributed by atoms with Crippen LogP contribution in [-0.2, 0) is 0 Å². The van der Waals surface area contributed by atoms with Crippen molar-refractivity contribution < 1.29 is 22.3 Å². The summed E-state index contributed by atoms with van der Waals surface area (Å²) in [7, 11) is 0. The smallest absolute Gasteiger partial charge is 0.406 e. The van der Waals surface area contributed by atoms with Crippen LogP contribution in [0.4, 0.5) is 17.6 Å². The highest BCUT2D eigenvalue weighted by molar-refractivity contribution is 9.10. The van der Waals surface area contributed by atoms with Crippen molar-refractivity contribution in [2.75, 3.05) is 26.2 Å². The van der Waals surface area contributed by atoms with Gasteiger partial charge in [-0.3, -0.25) is 4.90 Å². The zero-order valence-corrected chi connectivity index (χ0v) is 15.3. The van der Waals surface area contributed by atoms with E-state index in [1.54, 1.807) is 12.1 Å². The van der Waals surface area contributed by atoms with Gasteiger partial charge in [-0.15, -0.1) is 13.2 Å². The highest BCUT2D eigenvalue weighted by atomic mass is 79.9. The Bertz CT molecular complexity index is 726. The van der Waals surface area contributed by atoms with Gasteiger partial charge in [-0.05, 0) is 41.5 Å². The quantitative estimate of drug-likeness (QED) is 0.720. The van der Waals surface area contributed by atoms with Gasteiger partial charge in [0.15, 0.2) is 0 Å². The monoisotopic (exact) mass is 432 g/mol. The van der Waals surface area contributed by atoms with E-state index in [4.69, 9.17) is 0 Å². The molecule has 2 aromatic carbocycles. The van der Waals surface area contributed by atoms with Crippen molar-refractivity contribution in [2.45, 2.75) is 12.4 Å². The van der Waals surface area contributed by atoms with Gasteiger partial charge in [0.1, 0.15) is 11.6 Å². The number of alkyl halides is 3. The fraction of sp³-hybridized carbons (Fsp3) is 0.333. The van der Waals surface area contributed by atoms with Gasteiger partial charge in [0.2, 0.25) is 0 Å². The molecule has 1 aliphatic rings. The van der Waals surface area contributed by atoms with E-state index >= 15 is 0 Å². The molecule has 0 spiro atoms. The van der Waals surface area contributed by atoms with Crippen molar-refractivity contribution in [1.29, 1.82) is 0 Å². The fourth-order valence-electron chi connectivity index (χ4n) is 3.14. The van der Waals surface area contributed by atoms with Gasteiger partial charge in [-0.25, -0.2) is 4.39 Å². The Labute approximate surface area is 157 Å². The molecule has 0 amide bonds. The summed E-state index contributed by atoms with van der Waals surface area (Å²) in [5.41, 5.74) is 1.52. The molecule has 140 valence electrons. The third kappa shape index (κ3) is 4.96. The molecule has 0 bridgehead atoms. The van der Waals surface area contributed by atoms with Crippen LogP contribution < -0.4 is 10.1 Å². The van der Waals surface area contributed by atoms with Gasteiger partial charge in [-0.2, -0.15) is 0 Å². The van der Waals surface area contributed by atoms with Crippen molar-refractivity contribution in [3.63, 3.8) is 0 Å². The van der Waals surface area contributed by atoms with E-state index in [-0.39, 0.29) is 17.6 Å². The second kappa shape index (κ2) is 7.94. The lowest BCUT2D eigenvalue weighted by atomic mass is 9.96. The highest BCUT2D eigenvalue weighted by Crippen LogP contribution is 2.33. The molecular weight excluding hydrogens is 416 g/mol. The Morgan fingerprint density at radius 3 is 2.23 bits per heavy atom. The molecule has 0 radical (unpaired) electrons. The topological polar surface area (TPSA) is 24.5 Å². The van der Waals surface area contributed by atoms with Crippen LogP contribution in [0.3, 0.4) is 0 Å². The van der Waals surface area contributed by atoms with Gasteiger partial charge in [-0.1, -0.05) is 28.1 Å². The van der Waals surface area contributed by atoms with Crippen molar-refractivity contribution in [1.82, 2.24) is 10.2 Å². The van der Waals surface area contributed by atoms with E-state index in [1.807, 2.05) is 6.07 Å². The highest BCUT2D eigenvalue weighted by Gasteiger charge is 2.31. The van der Waals surface area contributed by atoms with Crippen molar-refractivity contribution in [3.8, 4) is 5.75 Å². The largest absolute Gasteiger partial charge is 0.573 e. The van der Waals surface area contributed by atoms with Gasteiger partial charge >= 0.3 is 6.36 Å². The maximum absolute atomic E-state index is 13.9. The second-order valence-corrected chi connectivity index (χ2v) is 6.92. The molecule has 1 aliphatic heterocycles. The maximum atomic E-state index is 13.9.